The quantitative estimate of drug-likeness (QED) is 0.323. The zero-order valence-electron chi connectivity index (χ0n) is 8.02. The molecule has 0 aliphatic rings. The summed E-state index contributed by atoms with van der Waals surface area (Å²) in [6.07, 6.45) is 0. The maximum atomic E-state index is 10.9. The normalized spacial score (nSPS) is 14.3. The summed E-state index contributed by atoms with van der Waals surface area (Å²) in [4.78, 5) is 21.8. The van der Waals surface area contributed by atoms with Gasteiger partial charge in [-0.15, -0.1) is 0 Å². The fourth-order valence-electron chi connectivity index (χ4n) is 0.476. The van der Waals surface area contributed by atoms with E-state index in [1.54, 1.807) is 0 Å². The molecule has 2 unspecified atom stereocenters. The van der Waals surface area contributed by atoms with E-state index in [1.807, 2.05) is 0 Å². The van der Waals surface area contributed by atoms with Crippen LogP contribution in [0.3, 0.4) is 0 Å². The number of hydrogen-bond acceptors (Lipinski definition) is 6. The molecule has 0 aliphatic heterocycles. The van der Waals surface area contributed by atoms with E-state index >= 15 is 0 Å². The molecule has 0 bridgehead atoms. The van der Waals surface area contributed by atoms with Gasteiger partial charge in [0, 0.05) is 0 Å². The molecule has 0 aliphatic carbocycles. The predicted octanol–water partition coefficient (Wildman–Crippen LogP) is -2.15. The van der Waals surface area contributed by atoms with Crippen molar-refractivity contribution in [2.24, 2.45) is 0 Å². The molecule has 0 saturated heterocycles. The van der Waals surface area contributed by atoms with Gasteiger partial charge in [0.15, 0.2) is 0 Å². The van der Waals surface area contributed by atoms with Crippen molar-refractivity contribution in [3.05, 3.63) is 0 Å². The Labute approximate surface area is 89.4 Å². The van der Waals surface area contributed by atoms with Crippen LogP contribution in [-0.4, -0.2) is 36.9 Å². The molecule has 0 saturated carbocycles. The molecule has 0 heterocycles. The van der Waals surface area contributed by atoms with Gasteiger partial charge in [-0.1, -0.05) is 0 Å². The van der Waals surface area contributed by atoms with Gasteiger partial charge in [0.05, 0.1) is 14.2 Å². The van der Waals surface area contributed by atoms with E-state index in [-0.39, 0.29) is 0 Å². The number of ether oxygens (including phenoxy) is 2. The fraction of sp³-hybridized carbons (Fsp3) is 0.667. The van der Waals surface area contributed by atoms with Crippen molar-refractivity contribution in [2.45, 2.75) is 10.7 Å². The van der Waals surface area contributed by atoms with Crippen molar-refractivity contribution in [1.29, 1.82) is 0 Å². The lowest BCUT2D eigenvalue weighted by molar-refractivity contribution is -0.377. The minimum atomic E-state index is -0.570. The highest BCUT2D eigenvalue weighted by Crippen LogP contribution is 2.26. The number of carbonyl (C=O) groups excluding carboxylic acids is 2. The molecule has 0 radical (unpaired) electrons. The summed E-state index contributed by atoms with van der Waals surface area (Å²) in [5.74, 6) is -0.862. The second-order valence-corrected chi connectivity index (χ2v) is 4.89. The molecular formula is C6H14N2O4S2+2. The van der Waals surface area contributed by atoms with Crippen LogP contribution in [0.4, 0.5) is 0 Å². The first-order chi connectivity index (χ1) is 6.52. The molecule has 0 spiro atoms. The maximum Gasteiger partial charge on any atom is 0.376 e. The average molecular weight is 242 g/mol. The van der Waals surface area contributed by atoms with Crippen LogP contribution in [0.5, 0.6) is 0 Å². The van der Waals surface area contributed by atoms with Gasteiger partial charge in [-0.25, -0.2) is 9.59 Å². The molecule has 0 rings (SSSR count). The number of carbonyl (C=O) groups is 2. The highest BCUT2D eigenvalue weighted by molar-refractivity contribution is 8.77. The summed E-state index contributed by atoms with van der Waals surface area (Å²) in [6.45, 7) is 0. The molecule has 0 aromatic rings. The predicted molar refractivity (Wildman–Crippen MR) is 52.6 cm³/mol. The highest BCUT2D eigenvalue weighted by Gasteiger charge is 2.25. The molecule has 2 atom stereocenters. The number of methoxy groups -OCH3 is 2. The van der Waals surface area contributed by atoms with Gasteiger partial charge in [-0.3, -0.25) is 0 Å². The second kappa shape index (κ2) is 6.93. The van der Waals surface area contributed by atoms with Crippen LogP contribution in [0.15, 0.2) is 0 Å². The van der Waals surface area contributed by atoms with E-state index in [4.69, 9.17) is 0 Å². The molecule has 0 aromatic heterocycles. The number of hydrogen-bond donors (Lipinski definition) is 2. The molecule has 0 fully saturated rings. The van der Waals surface area contributed by atoms with Gasteiger partial charge in [-0.2, -0.15) is 0 Å². The molecule has 6 nitrogen and oxygen atoms in total. The number of quaternary nitrogens is 2. The maximum absolute atomic E-state index is 10.9. The Morgan fingerprint density at radius 2 is 1.29 bits per heavy atom. The molecule has 8 heteroatoms. The van der Waals surface area contributed by atoms with E-state index in [2.05, 4.69) is 20.9 Å². The van der Waals surface area contributed by atoms with Crippen molar-refractivity contribution in [3.8, 4) is 0 Å². The first-order valence-electron chi connectivity index (χ1n) is 3.66. The summed E-state index contributed by atoms with van der Waals surface area (Å²) in [7, 11) is 4.83. The Kier molecular flexibility index (Phi) is 6.71. The standard InChI is InChI=1S/C6H12N2O4S2/c1-11-5(9)3(7)13-14-4(8)6(10)12-2/h3-4H,7-8H2,1-2H3/p+2. The topological polar surface area (TPSA) is 108 Å². The lowest BCUT2D eigenvalue weighted by Gasteiger charge is -2.06. The van der Waals surface area contributed by atoms with Crippen molar-refractivity contribution < 1.29 is 30.5 Å². The molecular weight excluding hydrogens is 228 g/mol. The first-order valence-corrected chi connectivity index (χ1v) is 5.94. The summed E-state index contributed by atoms with van der Waals surface area (Å²) in [5, 5.41) is -1.14. The van der Waals surface area contributed by atoms with Gasteiger partial charge >= 0.3 is 11.9 Å². The zero-order chi connectivity index (χ0) is 11.1. The number of rotatable bonds is 5. The Morgan fingerprint density at radius 3 is 1.50 bits per heavy atom. The van der Waals surface area contributed by atoms with Crippen LogP contribution in [0, 0.1) is 0 Å². The van der Waals surface area contributed by atoms with Crippen LogP contribution in [-0.2, 0) is 19.1 Å². The summed E-state index contributed by atoms with van der Waals surface area (Å²) >= 11 is 0. The molecule has 6 N–H and O–H groups in total. The van der Waals surface area contributed by atoms with Gasteiger partial charge in [-0.05, 0) is 21.6 Å². The lowest BCUT2D eigenvalue weighted by Crippen LogP contribution is -2.65. The van der Waals surface area contributed by atoms with Gasteiger partial charge < -0.3 is 20.9 Å². The van der Waals surface area contributed by atoms with Crippen LogP contribution in [0.25, 0.3) is 0 Å². The molecule has 14 heavy (non-hydrogen) atoms. The van der Waals surface area contributed by atoms with Crippen LogP contribution >= 0.6 is 21.6 Å². The van der Waals surface area contributed by atoms with E-state index in [1.165, 1.54) is 14.2 Å². The van der Waals surface area contributed by atoms with Gasteiger partial charge in [0.1, 0.15) is 0 Å². The van der Waals surface area contributed by atoms with Crippen molar-refractivity contribution in [2.75, 3.05) is 14.2 Å². The van der Waals surface area contributed by atoms with E-state index in [0.717, 1.165) is 21.6 Å². The van der Waals surface area contributed by atoms with E-state index in [9.17, 15) is 9.59 Å². The first kappa shape index (κ1) is 13.6. The SMILES string of the molecule is COC(=O)C([NH3+])SSC([NH3+])C(=O)OC. The van der Waals surface area contributed by atoms with Gasteiger partial charge in [0.2, 0.25) is 10.7 Å². The fourth-order valence-corrected chi connectivity index (χ4v) is 2.37. The Morgan fingerprint density at radius 1 is 1.00 bits per heavy atom. The summed E-state index contributed by atoms with van der Waals surface area (Å²) in [6, 6.07) is 0. The van der Waals surface area contributed by atoms with E-state index < -0.39 is 22.7 Å². The smallest absolute Gasteiger partial charge is 0.376 e. The minimum Gasteiger partial charge on any atom is -0.464 e. The zero-order valence-corrected chi connectivity index (χ0v) is 9.65. The van der Waals surface area contributed by atoms with Gasteiger partial charge in [0.25, 0.3) is 0 Å². The Bertz CT molecular complexity index is 192. The number of esters is 2. The van der Waals surface area contributed by atoms with Crippen LogP contribution in [0.1, 0.15) is 0 Å². The molecule has 82 valence electrons. The monoisotopic (exact) mass is 242 g/mol. The second-order valence-electron chi connectivity index (χ2n) is 2.22. The van der Waals surface area contributed by atoms with Crippen molar-refractivity contribution >= 4 is 33.5 Å². The Hall–Kier alpha value is -0.440. The van der Waals surface area contributed by atoms with E-state index in [0.29, 0.717) is 0 Å². The third kappa shape index (κ3) is 4.70. The van der Waals surface area contributed by atoms with Crippen LogP contribution in [0.2, 0.25) is 0 Å². The van der Waals surface area contributed by atoms with Crippen molar-refractivity contribution in [1.82, 2.24) is 0 Å². The van der Waals surface area contributed by atoms with Crippen LogP contribution < -0.4 is 11.5 Å². The Balaban J connectivity index is 3.82. The third-order valence-corrected chi connectivity index (χ3v) is 3.90. The van der Waals surface area contributed by atoms with Crippen molar-refractivity contribution in [3.63, 3.8) is 0 Å². The lowest BCUT2D eigenvalue weighted by atomic mass is 10.7. The molecule has 0 amide bonds. The highest BCUT2D eigenvalue weighted by atomic mass is 33.1. The average Bonchev–Trinajstić information content (AvgIpc) is 2.22. The largest absolute Gasteiger partial charge is 0.464 e. The molecule has 0 aromatic carbocycles. The third-order valence-electron chi connectivity index (χ3n) is 1.22. The summed E-state index contributed by atoms with van der Waals surface area (Å²) < 4.78 is 8.92. The summed E-state index contributed by atoms with van der Waals surface area (Å²) in [5.41, 5.74) is 7.11. The minimum absolute atomic E-state index is 0.431.